The van der Waals surface area contributed by atoms with Gasteiger partial charge in [-0.3, -0.25) is 14.4 Å². The first kappa shape index (κ1) is 18.9. The van der Waals surface area contributed by atoms with Crippen LogP contribution in [0.3, 0.4) is 0 Å². The molecule has 0 saturated carbocycles. The summed E-state index contributed by atoms with van der Waals surface area (Å²) >= 11 is 0. The molecule has 2 aromatic rings. The van der Waals surface area contributed by atoms with Crippen LogP contribution >= 0.6 is 0 Å². The van der Waals surface area contributed by atoms with E-state index in [1.807, 2.05) is 50.2 Å². The average molecular weight is 367 g/mol. The van der Waals surface area contributed by atoms with Crippen molar-refractivity contribution in [1.29, 1.82) is 0 Å². The third-order valence-corrected chi connectivity index (χ3v) is 5.10. The number of pyridine rings is 1. The largest absolute Gasteiger partial charge is 0.353 e. The summed E-state index contributed by atoms with van der Waals surface area (Å²) in [4.78, 5) is 40.2. The number of nitrogens with zero attached hydrogens (tertiary/aromatic N) is 2. The van der Waals surface area contributed by atoms with Gasteiger partial charge in [0.2, 0.25) is 5.91 Å². The minimum atomic E-state index is -0.621. The number of nitrogens with one attached hydrogen (secondary N) is 1. The van der Waals surface area contributed by atoms with Crippen molar-refractivity contribution >= 4 is 11.8 Å². The van der Waals surface area contributed by atoms with Crippen LogP contribution in [0.4, 0.5) is 0 Å². The van der Waals surface area contributed by atoms with E-state index < -0.39 is 6.04 Å². The number of aryl methyl sites for hydroxylation is 2. The van der Waals surface area contributed by atoms with Crippen LogP contribution in [0.2, 0.25) is 0 Å². The topological polar surface area (TPSA) is 71.4 Å². The molecular formula is C21H25N3O3. The lowest BCUT2D eigenvalue weighted by molar-refractivity contribution is -0.127. The molecule has 1 aromatic heterocycles. The van der Waals surface area contributed by atoms with Crippen LogP contribution in [-0.4, -0.2) is 40.4 Å². The van der Waals surface area contributed by atoms with E-state index in [1.165, 1.54) is 0 Å². The predicted octanol–water partition coefficient (Wildman–Crippen LogP) is 1.67. The highest BCUT2D eigenvalue weighted by Crippen LogP contribution is 2.17. The lowest BCUT2D eigenvalue weighted by Crippen LogP contribution is -2.58. The zero-order chi connectivity index (χ0) is 19.6. The van der Waals surface area contributed by atoms with Gasteiger partial charge in [-0.15, -0.1) is 0 Å². The van der Waals surface area contributed by atoms with E-state index in [9.17, 15) is 14.4 Å². The molecule has 1 aromatic carbocycles. The number of benzene rings is 1. The van der Waals surface area contributed by atoms with Gasteiger partial charge in [-0.2, -0.15) is 0 Å². The van der Waals surface area contributed by atoms with Crippen LogP contribution in [0.15, 0.2) is 41.2 Å². The van der Waals surface area contributed by atoms with Crippen molar-refractivity contribution in [3.05, 3.63) is 69.1 Å². The summed E-state index contributed by atoms with van der Waals surface area (Å²) in [6.07, 6.45) is 0.422. The molecule has 3 rings (SSSR count). The zero-order valence-corrected chi connectivity index (χ0v) is 16.0. The molecule has 2 heterocycles. The number of carbonyl (C=O) groups is 2. The van der Waals surface area contributed by atoms with E-state index in [2.05, 4.69) is 5.32 Å². The Morgan fingerprint density at radius 2 is 1.89 bits per heavy atom. The lowest BCUT2D eigenvalue weighted by atomic mass is 10.00. The van der Waals surface area contributed by atoms with Gasteiger partial charge < -0.3 is 14.8 Å². The number of hydrogen-bond donors (Lipinski definition) is 1. The normalized spacial score (nSPS) is 16.9. The second-order valence-electron chi connectivity index (χ2n) is 6.89. The van der Waals surface area contributed by atoms with Crippen LogP contribution in [-0.2, 0) is 17.8 Å². The summed E-state index contributed by atoms with van der Waals surface area (Å²) in [7, 11) is 0. The molecule has 1 atom stereocenters. The number of carbonyl (C=O) groups excluding carboxylic acids is 2. The number of hydrogen-bond acceptors (Lipinski definition) is 3. The summed E-state index contributed by atoms with van der Waals surface area (Å²) in [5, 5.41) is 2.83. The maximum Gasteiger partial charge on any atom is 0.263 e. The highest BCUT2D eigenvalue weighted by Gasteiger charge is 2.35. The van der Waals surface area contributed by atoms with Crippen LogP contribution in [0.25, 0.3) is 0 Å². The fourth-order valence-corrected chi connectivity index (χ4v) is 3.72. The number of rotatable bonds is 4. The first-order valence-electron chi connectivity index (χ1n) is 9.27. The van der Waals surface area contributed by atoms with Gasteiger partial charge in [0.25, 0.3) is 11.5 Å². The van der Waals surface area contributed by atoms with Gasteiger partial charge >= 0.3 is 0 Å². The maximum atomic E-state index is 13.3. The second kappa shape index (κ2) is 7.78. The van der Waals surface area contributed by atoms with Crippen molar-refractivity contribution in [3.8, 4) is 0 Å². The van der Waals surface area contributed by atoms with E-state index in [0.717, 1.165) is 11.3 Å². The van der Waals surface area contributed by atoms with Crippen molar-refractivity contribution in [3.63, 3.8) is 0 Å². The van der Waals surface area contributed by atoms with Crippen molar-refractivity contribution in [2.24, 2.45) is 0 Å². The van der Waals surface area contributed by atoms with E-state index in [-0.39, 0.29) is 22.9 Å². The molecule has 0 radical (unpaired) electrons. The molecule has 142 valence electrons. The highest BCUT2D eigenvalue weighted by atomic mass is 16.2. The van der Waals surface area contributed by atoms with E-state index in [0.29, 0.717) is 31.6 Å². The van der Waals surface area contributed by atoms with Gasteiger partial charge in [-0.1, -0.05) is 30.3 Å². The zero-order valence-electron chi connectivity index (χ0n) is 16.0. The van der Waals surface area contributed by atoms with Gasteiger partial charge in [0.1, 0.15) is 11.6 Å². The summed E-state index contributed by atoms with van der Waals surface area (Å²) < 4.78 is 1.59. The maximum absolute atomic E-state index is 13.3. The minimum absolute atomic E-state index is 0.162. The Balaban J connectivity index is 1.99. The molecule has 1 N–H and O–H groups in total. The molecule has 27 heavy (non-hydrogen) atoms. The Hall–Kier alpha value is -2.89. The number of amides is 2. The van der Waals surface area contributed by atoms with Crippen molar-refractivity contribution in [2.45, 2.75) is 39.8 Å². The summed E-state index contributed by atoms with van der Waals surface area (Å²) in [5.74, 6) is -0.547. The lowest BCUT2D eigenvalue weighted by Gasteiger charge is -2.35. The molecule has 0 unspecified atom stereocenters. The number of aromatic nitrogens is 1. The highest BCUT2D eigenvalue weighted by molar-refractivity contribution is 5.99. The Morgan fingerprint density at radius 1 is 1.19 bits per heavy atom. The quantitative estimate of drug-likeness (QED) is 0.894. The van der Waals surface area contributed by atoms with Gasteiger partial charge in [0.15, 0.2) is 0 Å². The molecule has 1 fully saturated rings. The Kier molecular flexibility index (Phi) is 5.44. The molecule has 1 aliphatic heterocycles. The summed E-state index contributed by atoms with van der Waals surface area (Å²) in [6.45, 7) is 6.80. The molecule has 6 heteroatoms. The third kappa shape index (κ3) is 3.65. The number of piperazine rings is 1. The van der Waals surface area contributed by atoms with Gasteiger partial charge in [-0.05, 0) is 38.0 Å². The van der Waals surface area contributed by atoms with Gasteiger partial charge in [0, 0.05) is 31.7 Å². The van der Waals surface area contributed by atoms with Crippen molar-refractivity contribution in [2.75, 3.05) is 13.1 Å². The molecule has 2 amide bonds. The molecule has 0 aliphatic carbocycles. The first-order chi connectivity index (χ1) is 12.9. The molecule has 0 spiro atoms. The van der Waals surface area contributed by atoms with Gasteiger partial charge in [-0.25, -0.2) is 0 Å². The molecule has 6 nitrogen and oxygen atoms in total. The summed E-state index contributed by atoms with van der Waals surface area (Å²) in [5.41, 5.74) is 2.33. The predicted molar refractivity (Wildman–Crippen MR) is 104 cm³/mol. The Labute approximate surface area is 158 Å². The summed E-state index contributed by atoms with van der Waals surface area (Å²) in [6, 6.07) is 10.8. The third-order valence-electron chi connectivity index (χ3n) is 5.10. The van der Waals surface area contributed by atoms with Gasteiger partial charge in [0.05, 0.1) is 0 Å². The second-order valence-corrected chi connectivity index (χ2v) is 6.89. The Morgan fingerprint density at radius 3 is 2.56 bits per heavy atom. The fraction of sp³-hybridized carbons (Fsp3) is 0.381. The van der Waals surface area contributed by atoms with Crippen LogP contribution in [0, 0.1) is 13.8 Å². The first-order valence-corrected chi connectivity index (χ1v) is 9.27. The van der Waals surface area contributed by atoms with Crippen LogP contribution < -0.4 is 10.9 Å². The van der Waals surface area contributed by atoms with Crippen molar-refractivity contribution in [1.82, 2.24) is 14.8 Å². The smallest absolute Gasteiger partial charge is 0.263 e. The van der Waals surface area contributed by atoms with Crippen LogP contribution in [0.5, 0.6) is 0 Å². The fourth-order valence-electron chi connectivity index (χ4n) is 3.72. The molecule has 0 bridgehead atoms. The average Bonchev–Trinajstić information content (AvgIpc) is 2.64. The van der Waals surface area contributed by atoms with E-state index in [4.69, 9.17) is 0 Å². The SMILES string of the molecule is CCn1c(C)cc(C)c(C(=O)N2CCNC(=O)[C@@H]2Cc2ccccc2)c1=O. The standard InChI is InChI=1S/C21H25N3O3/c1-4-23-15(3)12-14(2)18(20(23)26)21(27)24-11-10-22-19(25)17(24)13-16-8-6-5-7-9-16/h5-9,12,17H,4,10-11,13H2,1-3H3,(H,22,25)/t17-/m0/s1. The van der Waals surface area contributed by atoms with Crippen LogP contribution in [0.1, 0.15) is 34.1 Å². The molecular weight excluding hydrogens is 342 g/mol. The van der Waals surface area contributed by atoms with E-state index >= 15 is 0 Å². The van der Waals surface area contributed by atoms with Crippen molar-refractivity contribution < 1.29 is 9.59 Å². The monoisotopic (exact) mass is 367 g/mol. The van der Waals surface area contributed by atoms with E-state index in [1.54, 1.807) is 16.4 Å². The molecule has 1 saturated heterocycles. The Bertz CT molecular complexity index is 918. The molecule has 1 aliphatic rings. The minimum Gasteiger partial charge on any atom is -0.353 e.